The zero-order chi connectivity index (χ0) is 19.7. The quantitative estimate of drug-likeness (QED) is 0.625. The van der Waals surface area contributed by atoms with Gasteiger partial charge >= 0.3 is 5.97 Å². The molecule has 0 unspecified atom stereocenters. The molecule has 1 N–H and O–H groups in total. The molecule has 1 aliphatic rings. The van der Waals surface area contributed by atoms with Crippen LogP contribution in [0.1, 0.15) is 19.8 Å². The van der Waals surface area contributed by atoms with E-state index in [4.69, 9.17) is 18.6 Å². The molecular weight excluding hydrogens is 358 g/mol. The smallest absolute Gasteiger partial charge is 0.308 e. The van der Waals surface area contributed by atoms with E-state index in [1.807, 2.05) is 0 Å². The van der Waals surface area contributed by atoms with Crippen molar-refractivity contribution in [1.82, 2.24) is 0 Å². The number of carbonyl (C=O) groups is 3. The van der Waals surface area contributed by atoms with Gasteiger partial charge in [0.15, 0.2) is 5.76 Å². The third-order valence-corrected chi connectivity index (χ3v) is 3.97. The molecule has 0 aliphatic carbocycles. The van der Waals surface area contributed by atoms with E-state index in [0.29, 0.717) is 11.5 Å². The van der Waals surface area contributed by atoms with Crippen molar-refractivity contribution in [2.24, 2.45) is 0 Å². The van der Waals surface area contributed by atoms with E-state index in [1.54, 1.807) is 12.1 Å². The molecule has 142 valence electrons. The zero-order valence-electron chi connectivity index (χ0n) is 14.9. The summed E-state index contributed by atoms with van der Waals surface area (Å²) >= 11 is 0. The van der Waals surface area contributed by atoms with Crippen LogP contribution in [0, 0.1) is 0 Å². The van der Waals surface area contributed by atoms with Gasteiger partial charge in [0, 0.05) is 19.8 Å². The van der Waals surface area contributed by atoms with E-state index in [0.717, 1.165) is 11.8 Å². The Morgan fingerprint density at radius 2 is 1.81 bits per heavy atom. The lowest BCUT2D eigenvalue weighted by molar-refractivity contribution is -0.132. The highest BCUT2D eigenvalue weighted by atomic mass is 16.6. The van der Waals surface area contributed by atoms with Gasteiger partial charge in [-0.3, -0.25) is 14.4 Å². The van der Waals surface area contributed by atoms with Crippen LogP contribution < -0.4 is 19.1 Å². The molecule has 0 bridgehead atoms. The van der Waals surface area contributed by atoms with Crippen LogP contribution >= 0.6 is 0 Å². The average Bonchev–Trinajstić information content (AvgIpc) is 3.13. The van der Waals surface area contributed by atoms with E-state index >= 15 is 0 Å². The molecule has 9 nitrogen and oxygen atoms in total. The monoisotopic (exact) mass is 375 g/mol. The topological polar surface area (TPSA) is 116 Å². The third-order valence-electron chi connectivity index (χ3n) is 3.97. The zero-order valence-corrected chi connectivity index (χ0v) is 14.9. The molecule has 1 aliphatic heterocycles. The van der Waals surface area contributed by atoms with E-state index in [9.17, 15) is 19.5 Å². The molecule has 1 fully saturated rings. The minimum atomic E-state index is -0.754. The minimum Gasteiger partial charge on any atom is -0.502 e. The summed E-state index contributed by atoms with van der Waals surface area (Å²) in [7, 11) is 2.89. The number of ether oxygens (including phenoxy) is 3. The number of imide groups is 1. The van der Waals surface area contributed by atoms with Crippen LogP contribution in [0.3, 0.4) is 0 Å². The summed E-state index contributed by atoms with van der Waals surface area (Å²) < 4.78 is 21.1. The minimum absolute atomic E-state index is 0.00236. The first kappa shape index (κ1) is 18.3. The first-order chi connectivity index (χ1) is 12.9. The Morgan fingerprint density at radius 3 is 2.37 bits per heavy atom. The largest absolute Gasteiger partial charge is 0.502 e. The molecule has 0 spiro atoms. The third kappa shape index (κ3) is 3.19. The Kier molecular flexibility index (Phi) is 4.76. The molecule has 0 saturated carbocycles. The van der Waals surface area contributed by atoms with Gasteiger partial charge in [-0.25, -0.2) is 4.90 Å². The van der Waals surface area contributed by atoms with Crippen molar-refractivity contribution >= 4 is 23.7 Å². The number of anilines is 1. The number of hydrogen-bond donors (Lipinski definition) is 1. The van der Waals surface area contributed by atoms with E-state index in [1.165, 1.54) is 20.3 Å². The number of benzene rings is 1. The molecule has 2 aromatic rings. The van der Waals surface area contributed by atoms with Gasteiger partial charge in [-0.1, -0.05) is 0 Å². The Balaban J connectivity index is 2.22. The maximum atomic E-state index is 12.1. The molecule has 0 radical (unpaired) electrons. The van der Waals surface area contributed by atoms with Gasteiger partial charge in [-0.15, -0.1) is 0 Å². The van der Waals surface area contributed by atoms with Crippen LogP contribution in [-0.4, -0.2) is 37.1 Å². The van der Waals surface area contributed by atoms with E-state index in [2.05, 4.69) is 0 Å². The van der Waals surface area contributed by atoms with Crippen LogP contribution in [0.2, 0.25) is 0 Å². The second-order valence-electron chi connectivity index (χ2n) is 5.70. The number of rotatable bonds is 5. The standard InChI is InChI=1S/C18H17NO8/c1-9(20)26-17-15(23)16(11-8-10(24-2)4-5-12(11)25-3)27-18(17)19-13(21)6-7-14(19)22/h4-5,8,23H,6-7H2,1-3H3. The van der Waals surface area contributed by atoms with Crippen molar-refractivity contribution in [3.05, 3.63) is 18.2 Å². The summed E-state index contributed by atoms with van der Waals surface area (Å²) in [6, 6.07) is 4.77. The molecular formula is C18H17NO8. The number of hydrogen-bond acceptors (Lipinski definition) is 8. The van der Waals surface area contributed by atoms with Crippen molar-refractivity contribution in [1.29, 1.82) is 0 Å². The second kappa shape index (κ2) is 7.02. The number of amides is 2. The highest BCUT2D eigenvalue weighted by molar-refractivity contribution is 6.20. The molecule has 9 heteroatoms. The van der Waals surface area contributed by atoms with Crippen molar-refractivity contribution in [3.63, 3.8) is 0 Å². The average molecular weight is 375 g/mol. The molecule has 2 amide bonds. The second-order valence-corrected chi connectivity index (χ2v) is 5.70. The number of aromatic hydroxyl groups is 1. The van der Waals surface area contributed by atoms with Crippen LogP contribution in [-0.2, 0) is 14.4 Å². The number of carbonyl (C=O) groups excluding carboxylic acids is 3. The van der Waals surface area contributed by atoms with Gasteiger partial charge in [0.2, 0.25) is 23.3 Å². The SMILES string of the molecule is COc1ccc(OC)c(-c2oc(N3C(=O)CCC3=O)c(OC(C)=O)c2O)c1. The van der Waals surface area contributed by atoms with Gasteiger partial charge in [0.05, 0.1) is 19.8 Å². The molecule has 0 atom stereocenters. The van der Waals surface area contributed by atoms with Crippen molar-refractivity contribution < 1.29 is 38.1 Å². The van der Waals surface area contributed by atoms with Crippen molar-refractivity contribution in [2.45, 2.75) is 19.8 Å². The molecule has 2 heterocycles. The summed E-state index contributed by atoms with van der Waals surface area (Å²) in [6.07, 6.45) is -0.00472. The molecule has 1 aromatic carbocycles. The molecule has 3 rings (SSSR count). The van der Waals surface area contributed by atoms with Crippen molar-refractivity contribution in [2.75, 3.05) is 19.1 Å². The lowest BCUT2D eigenvalue weighted by atomic mass is 10.1. The van der Waals surface area contributed by atoms with Gasteiger partial charge in [0.25, 0.3) is 5.88 Å². The predicted octanol–water partition coefficient (Wildman–Crippen LogP) is 2.25. The van der Waals surface area contributed by atoms with Crippen LogP contribution in [0.15, 0.2) is 22.6 Å². The fraction of sp³-hybridized carbons (Fsp3) is 0.278. The molecule has 1 aromatic heterocycles. The lowest BCUT2D eigenvalue weighted by Crippen LogP contribution is -2.28. The Hall–Kier alpha value is -3.49. The number of nitrogens with zero attached hydrogens (tertiary/aromatic N) is 1. The van der Waals surface area contributed by atoms with Gasteiger partial charge in [0.1, 0.15) is 11.5 Å². The van der Waals surface area contributed by atoms with Gasteiger partial charge < -0.3 is 23.7 Å². The van der Waals surface area contributed by atoms with E-state index < -0.39 is 29.3 Å². The fourth-order valence-corrected chi connectivity index (χ4v) is 2.76. The molecule has 1 saturated heterocycles. The predicted molar refractivity (Wildman–Crippen MR) is 91.9 cm³/mol. The maximum absolute atomic E-state index is 12.1. The van der Waals surface area contributed by atoms with Crippen LogP contribution in [0.25, 0.3) is 11.3 Å². The first-order valence-electron chi connectivity index (χ1n) is 7.99. The maximum Gasteiger partial charge on any atom is 0.308 e. The Morgan fingerprint density at radius 1 is 1.15 bits per heavy atom. The molecule has 27 heavy (non-hydrogen) atoms. The lowest BCUT2D eigenvalue weighted by Gasteiger charge is -2.11. The Labute approximate surface area is 154 Å². The highest BCUT2D eigenvalue weighted by Crippen LogP contribution is 2.51. The summed E-state index contributed by atoms with van der Waals surface area (Å²) in [5, 5.41) is 10.6. The Bertz CT molecular complexity index is 914. The number of methoxy groups -OCH3 is 2. The van der Waals surface area contributed by atoms with Gasteiger partial charge in [-0.05, 0) is 18.2 Å². The number of esters is 1. The van der Waals surface area contributed by atoms with Crippen LogP contribution in [0.5, 0.6) is 23.0 Å². The summed E-state index contributed by atoms with van der Waals surface area (Å²) in [6.45, 7) is 1.12. The number of furan rings is 1. The summed E-state index contributed by atoms with van der Waals surface area (Å²) in [5.74, 6) is -2.46. The van der Waals surface area contributed by atoms with E-state index in [-0.39, 0.29) is 30.0 Å². The van der Waals surface area contributed by atoms with Crippen LogP contribution in [0.4, 0.5) is 5.88 Å². The first-order valence-corrected chi connectivity index (χ1v) is 7.99. The highest BCUT2D eigenvalue weighted by Gasteiger charge is 2.38. The van der Waals surface area contributed by atoms with Gasteiger partial charge in [-0.2, -0.15) is 0 Å². The van der Waals surface area contributed by atoms with Crippen molar-refractivity contribution in [3.8, 4) is 34.3 Å². The fourth-order valence-electron chi connectivity index (χ4n) is 2.76. The summed E-state index contributed by atoms with van der Waals surface area (Å²) in [5.41, 5.74) is 0.285. The normalized spacial score (nSPS) is 13.8. The summed E-state index contributed by atoms with van der Waals surface area (Å²) in [4.78, 5) is 36.4.